The van der Waals surface area contributed by atoms with Crippen LogP contribution in [-0.2, 0) is 9.53 Å². The van der Waals surface area contributed by atoms with Gasteiger partial charge in [-0.15, -0.1) is 0 Å². The fourth-order valence-corrected chi connectivity index (χ4v) is 1.66. The van der Waals surface area contributed by atoms with Crippen LogP contribution in [0, 0.1) is 5.82 Å². The molecule has 0 spiro atoms. The maximum atomic E-state index is 12.8. The second kappa shape index (κ2) is 7.31. The molecule has 18 heavy (non-hydrogen) atoms. The van der Waals surface area contributed by atoms with Gasteiger partial charge in [0.15, 0.2) is 0 Å². The van der Waals surface area contributed by atoms with Gasteiger partial charge in [0.05, 0.1) is 23.2 Å². The van der Waals surface area contributed by atoms with Crippen molar-refractivity contribution >= 4 is 23.2 Å². The molecule has 1 rings (SSSR count). The van der Waals surface area contributed by atoms with Gasteiger partial charge in [0.2, 0.25) is 5.91 Å². The molecule has 1 atom stereocenters. The Bertz CT molecular complexity index is 415. The first-order valence-corrected chi connectivity index (χ1v) is 6.01. The van der Waals surface area contributed by atoms with E-state index in [-0.39, 0.29) is 30.0 Å². The number of rotatable bonds is 6. The predicted octanol–water partition coefficient (Wildman–Crippen LogP) is 2.17. The molecule has 0 saturated carbocycles. The molecule has 100 valence electrons. The monoisotopic (exact) mass is 274 g/mol. The van der Waals surface area contributed by atoms with Gasteiger partial charge in [-0.05, 0) is 25.1 Å². The maximum Gasteiger partial charge on any atom is 0.227 e. The van der Waals surface area contributed by atoms with E-state index in [1.54, 1.807) is 0 Å². The third-order valence-electron chi connectivity index (χ3n) is 2.28. The van der Waals surface area contributed by atoms with Crippen molar-refractivity contribution in [3.8, 4) is 0 Å². The summed E-state index contributed by atoms with van der Waals surface area (Å²) < 4.78 is 18.1. The molecule has 6 heteroatoms. The third kappa shape index (κ3) is 4.60. The fraction of sp³-hybridized carbons (Fsp3) is 0.417. The minimum Gasteiger partial charge on any atom is -0.377 e. The molecule has 0 aliphatic carbocycles. The van der Waals surface area contributed by atoms with Crippen molar-refractivity contribution in [3.63, 3.8) is 0 Å². The number of amides is 1. The van der Waals surface area contributed by atoms with Crippen molar-refractivity contribution in [2.45, 2.75) is 19.4 Å². The van der Waals surface area contributed by atoms with Crippen molar-refractivity contribution in [2.24, 2.45) is 5.73 Å². The van der Waals surface area contributed by atoms with E-state index in [1.807, 2.05) is 6.92 Å². The van der Waals surface area contributed by atoms with Crippen LogP contribution >= 0.6 is 11.6 Å². The Hall–Kier alpha value is -1.17. The van der Waals surface area contributed by atoms with Gasteiger partial charge in [-0.1, -0.05) is 11.6 Å². The van der Waals surface area contributed by atoms with Crippen molar-refractivity contribution in [2.75, 3.05) is 18.5 Å². The molecule has 0 saturated heterocycles. The summed E-state index contributed by atoms with van der Waals surface area (Å²) in [7, 11) is 0. The lowest BCUT2D eigenvalue weighted by atomic mass is 10.2. The lowest BCUT2D eigenvalue weighted by molar-refractivity contribution is -0.118. The van der Waals surface area contributed by atoms with Crippen LogP contribution in [0.15, 0.2) is 18.2 Å². The highest BCUT2D eigenvalue weighted by Gasteiger charge is 2.13. The number of halogens is 2. The van der Waals surface area contributed by atoms with Gasteiger partial charge < -0.3 is 15.8 Å². The number of nitrogens with two attached hydrogens (primary N) is 1. The second-order valence-electron chi connectivity index (χ2n) is 3.69. The number of benzene rings is 1. The number of hydrogen-bond acceptors (Lipinski definition) is 3. The molecule has 0 bridgehead atoms. The highest BCUT2D eigenvalue weighted by molar-refractivity contribution is 6.33. The lowest BCUT2D eigenvalue weighted by Gasteiger charge is -2.14. The molecule has 0 aromatic heterocycles. The molecule has 3 N–H and O–H groups in total. The number of carbonyl (C=O) groups excluding carboxylic acids is 1. The minimum absolute atomic E-state index is 0.137. The van der Waals surface area contributed by atoms with E-state index in [4.69, 9.17) is 22.1 Å². The SMILES string of the molecule is CCOC(CN)CC(=O)Nc1ccc(F)cc1Cl. The summed E-state index contributed by atoms with van der Waals surface area (Å²) in [5, 5.41) is 2.74. The Kier molecular flexibility index (Phi) is 6.04. The van der Waals surface area contributed by atoms with Crippen molar-refractivity contribution < 1.29 is 13.9 Å². The maximum absolute atomic E-state index is 12.8. The van der Waals surface area contributed by atoms with Gasteiger partial charge in [0.1, 0.15) is 5.82 Å². The van der Waals surface area contributed by atoms with Gasteiger partial charge in [-0.25, -0.2) is 4.39 Å². The summed E-state index contributed by atoms with van der Waals surface area (Å²) in [6.45, 7) is 2.59. The second-order valence-corrected chi connectivity index (χ2v) is 4.10. The standard InChI is InChI=1S/C12H16ClFN2O2/c1-2-18-9(7-15)6-12(17)16-11-4-3-8(14)5-10(11)13/h3-5,9H,2,6-7,15H2,1H3,(H,16,17). The molecule has 1 aromatic carbocycles. The molecule has 0 fully saturated rings. The fourth-order valence-electron chi connectivity index (χ4n) is 1.44. The number of carbonyl (C=O) groups is 1. The summed E-state index contributed by atoms with van der Waals surface area (Å²) in [6.07, 6.45) is -0.188. The van der Waals surface area contributed by atoms with E-state index in [0.29, 0.717) is 12.3 Å². The van der Waals surface area contributed by atoms with Crippen LogP contribution < -0.4 is 11.1 Å². The molecular weight excluding hydrogens is 259 g/mol. The van der Waals surface area contributed by atoms with Crippen LogP contribution in [0.3, 0.4) is 0 Å². The van der Waals surface area contributed by atoms with Crippen LogP contribution in [0.25, 0.3) is 0 Å². The van der Waals surface area contributed by atoms with Gasteiger partial charge in [0, 0.05) is 13.2 Å². The lowest BCUT2D eigenvalue weighted by Crippen LogP contribution is -2.29. The average Bonchev–Trinajstić information content (AvgIpc) is 2.32. The summed E-state index contributed by atoms with van der Waals surface area (Å²) >= 11 is 5.79. The van der Waals surface area contributed by atoms with E-state index in [0.717, 1.165) is 6.07 Å². The number of anilines is 1. The first-order valence-electron chi connectivity index (χ1n) is 5.63. The molecule has 1 aromatic rings. The average molecular weight is 275 g/mol. The molecule has 4 nitrogen and oxygen atoms in total. The first-order chi connectivity index (χ1) is 8.56. The smallest absolute Gasteiger partial charge is 0.227 e. The molecule has 0 aliphatic heterocycles. The van der Waals surface area contributed by atoms with Crippen LogP contribution in [0.4, 0.5) is 10.1 Å². The Morgan fingerprint density at radius 1 is 1.61 bits per heavy atom. The normalized spacial score (nSPS) is 12.2. The first kappa shape index (κ1) is 14.9. The van der Waals surface area contributed by atoms with Crippen LogP contribution in [0.1, 0.15) is 13.3 Å². The van der Waals surface area contributed by atoms with Gasteiger partial charge in [0.25, 0.3) is 0 Å². The highest BCUT2D eigenvalue weighted by atomic mass is 35.5. The van der Waals surface area contributed by atoms with Crippen LogP contribution in [-0.4, -0.2) is 25.2 Å². The highest BCUT2D eigenvalue weighted by Crippen LogP contribution is 2.22. The zero-order chi connectivity index (χ0) is 13.5. The van der Waals surface area contributed by atoms with E-state index in [1.165, 1.54) is 12.1 Å². The zero-order valence-corrected chi connectivity index (χ0v) is 10.8. The number of nitrogens with one attached hydrogen (secondary N) is 1. The van der Waals surface area contributed by atoms with E-state index in [2.05, 4.69) is 5.32 Å². The van der Waals surface area contributed by atoms with E-state index in [9.17, 15) is 9.18 Å². The van der Waals surface area contributed by atoms with Gasteiger partial charge >= 0.3 is 0 Å². The number of ether oxygens (including phenoxy) is 1. The third-order valence-corrected chi connectivity index (χ3v) is 2.60. The predicted molar refractivity (Wildman–Crippen MR) is 69.1 cm³/mol. The summed E-state index contributed by atoms with van der Waals surface area (Å²) in [5.74, 6) is -0.723. The molecule has 0 heterocycles. The molecule has 0 aliphatic rings. The molecular formula is C12H16ClFN2O2. The summed E-state index contributed by atoms with van der Waals surface area (Å²) in [6, 6.07) is 3.78. The molecule has 0 radical (unpaired) electrons. The van der Waals surface area contributed by atoms with Gasteiger partial charge in [-0.3, -0.25) is 4.79 Å². The zero-order valence-electron chi connectivity index (χ0n) is 10.1. The quantitative estimate of drug-likeness (QED) is 0.836. The van der Waals surface area contributed by atoms with E-state index >= 15 is 0 Å². The Morgan fingerprint density at radius 2 is 2.33 bits per heavy atom. The minimum atomic E-state index is -0.452. The van der Waals surface area contributed by atoms with Crippen LogP contribution in [0.2, 0.25) is 5.02 Å². The van der Waals surface area contributed by atoms with E-state index < -0.39 is 5.82 Å². The van der Waals surface area contributed by atoms with Crippen molar-refractivity contribution in [3.05, 3.63) is 29.0 Å². The Labute approximate surface area is 110 Å². The largest absolute Gasteiger partial charge is 0.377 e. The van der Waals surface area contributed by atoms with Crippen molar-refractivity contribution in [1.82, 2.24) is 0 Å². The summed E-state index contributed by atoms with van der Waals surface area (Å²) in [5.41, 5.74) is 5.84. The molecule has 1 unspecified atom stereocenters. The Balaban J connectivity index is 2.58. The van der Waals surface area contributed by atoms with Gasteiger partial charge in [-0.2, -0.15) is 0 Å². The Morgan fingerprint density at radius 3 is 2.89 bits per heavy atom. The summed E-state index contributed by atoms with van der Waals surface area (Å²) in [4.78, 5) is 11.7. The topological polar surface area (TPSA) is 64.3 Å². The van der Waals surface area contributed by atoms with Crippen molar-refractivity contribution in [1.29, 1.82) is 0 Å². The molecule has 1 amide bonds. The van der Waals surface area contributed by atoms with Crippen LogP contribution in [0.5, 0.6) is 0 Å². The number of hydrogen-bond donors (Lipinski definition) is 2.